The molecule has 0 saturated carbocycles. The maximum Gasteiger partial charge on any atom is 0.174 e. The van der Waals surface area contributed by atoms with Crippen LogP contribution in [0.5, 0.6) is 5.75 Å². The van der Waals surface area contributed by atoms with Crippen LogP contribution in [0.4, 0.5) is 5.69 Å². The Morgan fingerprint density at radius 1 is 0.935 bits per heavy atom. The number of furan rings is 1. The van der Waals surface area contributed by atoms with Crippen LogP contribution in [0.2, 0.25) is 0 Å². The molecule has 31 heavy (non-hydrogen) atoms. The molecule has 0 bridgehead atoms. The van der Waals surface area contributed by atoms with Crippen molar-refractivity contribution in [3.63, 3.8) is 0 Å². The van der Waals surface area contributed by atoms with Crippen LogP contribution in [-0.4, -0.2) is 17.2 Å². The first-order chi connectivity index (χ1) is 15.2. The predicted octanol–water partition coefficient (Wildman–Crippen LogP) is 5.53. The van der Waals surface area contributed by atoms with Gasteiger partial charge in [0.2, 0.25) is 0 Å². The van der Waals surface area contributed by atoms with Gasteiger partial charge in [-0.1, -0.05) is 36.4 Å². The van der Waals surface area contributed by atoms with Crippen molar-refractivity contribution in [3.05, 3.63) is 103 Å². The van der Waals surface area contributed by atoms with Crippen LogP contribution >= 0.6 is 12.2 Å². The van der Waals surface area contributed by atoms with E-state index >= 15 is 0 Å². The molecule has 5 rings (SSSR count). The molecule has 0 unspecified atom stereocenters. The summed E-state index contributed by atoms with van der Waals surface area (Å²) in [6.45, 7) is 0. The summed E-state index contributed by atoms with van der Waals surface area (Å²) in [5.74, 6) is 2.43. The van der Waals surface area contributed by atoms with Gasteiger partial charge in [-0.2, -0.15) is 0 Å². The van der Waals surface area contributed by atoms with Crippen molar-refractivity contribution in [3.8, 4) is 17.1 Å². The summed E-state index contributed by atoms with van der Waals surface area (Å²) in [5, 5.41) is 4.08. The number of benzene rings is 2. The molecule has 0 aliphatic carbocycles. The molecule has 6 heteroatoms. The van der Waals surface area contributed by atoms with Crippen LogP contribution in [-0.2, 0) is 0 Å². The third kappa shape index (κ3) is 3.66. The normalized spacial score (nSPS) is 18.1. The van der Waals surface area contributed by atoms with Gasteiger partial charge in [0.1, 0.15) is 23.3 Å². The van der Waals surface area contributed by atoms with Gasteiger partial charge in [-0.05, 0) is 60.7 Å². The SMILES string of the molecule is COc1ccc(N2C(=S)N[C@H](c3ccccn3)[C@H]2c2ccc(-c3ccccc3)o2)cc1. The standard InChI is InChI=1S/C25H21N3O2S/c1-29-19-12-10-18(11-13-19)28-24(23(27-25(28)31)20-9-5-6-16-26-20)22-15-14-21(30-22)17-7-3-2-4-8-17/h2-16,23-24H,1H3,(H,27,31)/t23-,24-/m1/s1. The van der Waals surface area contributed by atoms with Gasteiger partial charge in [-0.15, -0.1) is 0 Å². The van der Waals surface area contributed by atoms with Crippen molar-refractivity contribution >= 4 is 23.0 Å². The maximum atomic E-state index is 6.36. The molecule has 4 aromatic rings. The topological polar surface area (TPSA) is 50.5 Å². The van der Waals surface area contributed by atoms with Gasteiger partial charge in [0, 0.05) is 17.4 Å². The van der Waals surface area contributed by atoms with Crippen LogP contribution in [0.25, 0.3) is 11.3 Å². The second kappa shape index (κ2) is 8.24. The third-order valence-corrected chi connectivity index (χ3v) is 5.74. The Labute approximate surface area is 186 Å². The number of hydrogen-bond donors (Lipinski definition) is 1. The van der Waals surface area contributed by atoms with E-state index in [9.17, 15) is 0 Å². The lowest BCUT2D eigenvalue weighted by atomic mass is 10.0. The van der Waals surface area contributed by atoms with E-state index in [-0.39, 0.29) is 12.1 Å². The van der Waals surface area contributed by atoms with Gasteiger partial charge in [0.15, 0.2) is 5.11 Å². The molecule has 5 nitrogen and oxygen atoms in total. The van der Waals surface area contributed by atoms with Gasteiger partial charge in [-0.3, -0.25) is 4.98 Å². The first-order valence-corrected chi connectivity index (χ1v) is 10.5. The fraction of sp³-hybridized carbons (Fsp3) is 0.120. The highest BCUT2D eigenvalue weighted by atomic mass is 32.1. The van der Waals surface area contributed by atoms with Crippen LogP contribution in [0, 0.1) is 0 Å². The molecule has 1 aliphatic heterocycles. The van der Waals surface area contributed by atoms with E-state index in [0.29, 0.717) is 5.11 Å². The fourth-order valence-corrected chi connectivity index (χ4v) is 4.28. The minimum Gasteiger partial charge on any atom is -0.497 e. The Hall–Kier alpha value is -3.64. The van der Waals surface area contributed by atoms with Crippen molar-refractivity contribution in [1.82, 2.24) is 10.3 Å². The van der Waals surface area contributed by atoms with Gasteiger partial charge in [0.05, 0.1) is 18.8 Å². The van der Waals surface area contributed by atoms with Gasteiger partial charge in [-0.25, -0.2) is 0 Å². The van der Waals surface area contributed by atoms with E-state index < -0.39 is 0 Å². The minimum atomic E-state index is -0.187. The number of nitrogens with zero attached hydrogens (tertiary/aromatic N) is 2. The first kappa shape index (κ1) is 19.3. The number of nitrogens with one attached hydrogen (secondary N) is 1. The number of rotatable bonds is 5. The summed E-state index contributed by atoms with van der Waals surface area (Å²) in [5.41, 5.74) is 2.90. The highest BCUT2D eigenvalue weighted by Gasteiger charge is 2.42. The monoisotopic (exact) mass is 427 g/mol. The summed E-state index contributed by atoms with van der Waals surface area (Å²) in [4.78, 5) is 6.67. The van der Waals surface area contributed by atoms with Crippen LogP contribution < -0.4 is 15.0 Å². The number of methoxy groups -OCH3 is 1. The van der Waals surface area contributed by atoms with Crippen molar-refractivity contribution in [2.24, 2.45) is 0 Å². The van der Waals surface area contributed by atoms with E-state index in [2.05, 4.69) is 15.2 Å². The number of pyridine rings is 1. The Morgan fingerprint density at radius 3 is 2.42 bits per heavy atom. The average molecular weight is 428 g/mol. The molecule has 2 atom stereocenters. The number of thiocarbonyl (C=S) groups is 1. The van der Waals surface area contributed by atoms with E-state index in [1.165, 1.54) is 0 Å². The molecule has 154 valence electrons. The van der Waals surface area contributed by atoms with Crippen molar-refractivity contribution in [2.75, 3.05) is 12.0 Å². The highest BCUT2D eigenvalue weighted by molar-refractivity contribution is 7.80. The summed E-state index contributed by atoms with van der Waals surface area (Å²) in [6.07, 6.45) is 1.80. The van der Waals surface area contributed by atoms with Crippen LogP contribution in [0.15, 0.2) is 95.5 Å². The lowest BCUT2D eigenvalue weighted by molar-refractivity contribution is 0.414. The molecule has 0 amide bonds. The summed E-state index contributed by atoms with van der Waals surface area (Å²) in [6, 6.07) is 27.5. The lowest BCUT2D eigenvalue weighted by Gasteiger charge is -2.26. The quantitative estimate of drug-likeness (QED) is 0.423. The summed E-state index contributed by atoms with van der Waals surface area (Å²) in [7, 11) is 1.66. The number of ether oxygens (including phenoxy) is 1. The van der Waals surface area contributed by atoms with Gasteiger partial charge < -0.3 is 19.4 Å². The van der Waals surface area contributed by atoms with Gasteiger partial charge >= 0.3 is 0 Å². The van der Waals surface area contributed by atoms with Crippen LogP contribution in [0.1, 0.15) is 23.5 Å². The zero-order valence-electron chi connectivity index (χ0n) is 16.9. The third-order valence-electron chi connectivity index (χ3n) is 5.43. The number of anilines is 1. The molecule has 1 saturated heterocycles. The molecule has 1 aliphatic rings. The maximum absolute atomic E-state index is 6.36. The average Bonchev–Trinajstić information content (AvgIpc) is 3.45. The predicted molar refractivity (Wildman–Crippen MR) is 125 cm³/mol. The molecule has 1 fully saturated rings. The molecular formula is C25H21N3O2S. The summed E-state index contributed by atoms with van der Waals surface area (Å²) >= 11 is 5.75. The Bertz CT molecular complexity index is 1180. The molecule has 1 N–H and O–H groups in total. The van der Waals surface area contributed by atoms with Gasteiger partial charge in [0.25, 0.3) is 0 Å². The largest absolute Gasteiger partial charge is 0.497 e. The zero-order valence-corrected chi connectivity index (χ0v) is 17.8. The van der Waals surface area contributed by atoms with E-state index in [1.54, 1.807) is 13.3 Å². The highest BCUT2D eigenvalue weighted by Crippen LogP contribution is 2.43. The number of hydrogen-bond acceptors (Lipinski definition) is 4. The van der Waals surface area contributed by atoms with E-state index in [4.69, 9.17) is 21.4 Å². The Balaban J connectivity index is 1.58. The Kier molecular flexibility index (Phi) is 5.14. The molecule has 2 aromatic heterocycles. The van der Waals surface area contributed by atoms with E-state index in [1.807, 2.05) is 84.9 Å². The van der Waals surface area contributed by atoms with Crippen molar-refractivity contribution < 1.29 is 9.15 Å². The van der Waals surface area contributed by atoms with E-state index in [0.717, 1.165) is 34.2 Å². The van der Waals surface area contributed by atoms with Crippen LogP contribution in [0.3, 0.4) is 0 Å². The van der Waals surface area contributed by atoms with Crippen molar-refractivity contribution in [2.45, 2.75) is 12.1 Å². The molecule has 0 spiro atoms. The molecule has 0 radical (unpaired) electrons. The lowest BCUT2D eigenvalue weighted by Crippen LogP contribution is -2.29. The molecule has 2 aromatic carbocycles. The fourth-order valence-electron chi connectivity index (χ4n) is 3.93. The number of aromatic nitrogens is 1. The summed E-state index contributed by atoms with van der Waals surface area (Å²) < 4.78 is 11.7. The Morgan fingerprint density at radius 2 is 1.71 bits per heavy atom. The smallest absolute Gasteiger partial charge is 0.174 e. The second-order valence-electron chi connectivity index (χ2n) is 7.26. The van der Waals surface area contributed by atoms with Crippen molar-refractivity contribution in [1.29, 1.82) is 0 Å². The molecule has 3 heterocycles. The second-order valence-corrected chi connectivity index (χ2v) is 7.65. The molecular weight excluding hydrogens is 406 g/mol. The zero-order chi connectivity index (χ0) is 21.2. The first-order valence-electron chi connectivity index (χ1n) is 10.0. The minimum absolute atomic E-state index is 0.148.